The summed E-state index contributed by atoms with van der Waals surface area (Å²) in [6.07, 6.45) is 0. The van der Waals surface area contributed by atoms with Gasteiger partial charge in [-0.2, -0.15) is 0 Å². The first-order chi connectivity index (χ1) is 29.7. The number of rotatable bonds is 7. The topological polar surface area (TPSA) is 51.6 Å². The highest BCUT2D eigenvalue weighted by Crippen LogP contribution is 2.37. The summed E-state index contributed by atoms with van der Waals surface area (Å²) in [4.78, 5) is 20.6. The molecule has 280 valence electrons. The molecular weight excluding hydrogens is 729 g/mol. The van der Waals surface area contributed by atoms with Crippen LogP contribution in [-0.4, -0.2) is 19.9 Å². The van der Waals surface area contributed by atoms with Crippen molar-refractivity contribution in [1.82, 2.24) is 19.9 Å². The Hall–Kier alpha value is -8.08. The quantitative estimate of drug-likeness (QED) is 0.120. The van der Waals surface area contributed by atoms with E-state index < -0.39 is 0 Å². The monoisotopic (exact) mass is 764 g/mol. The van der Waals surface area contributed by atoms with E-state index in [0.29, 0.717) is 17.5 Å². The Labute approximate surface area is 348 Å². The fraction of sp³-hybridized carbons (Fsp3) is 0. The minimum absolute atomic E-state index is 0.612. The highest BCUT2D eigenvalue weighted by Gasteiger charge is 2.16. The molecule has 9 aromatic carbocycles. The molecule has 0 saturated carbocycles. The van der Waals surface area contributed by atoms with Crippen molar-refractivity contribution in [2.45, 2.75) is 0 Å². The van der Waals surface area contributed by atoms with E-state index in [1.165, 1.54) is 27.3 Å². The van der Waals surface area contributed by atoms with Crippen LogP contribution in [0.1, 0.15) is 0 Å². The molecule has 0 saturated heterocycles. The fourth-order valence-electron chi connectivity index (χ4n) is 8.19. The molecule has 0 atom stereocenters. The van der Waals surface area contributed by atoms with Crippen molar-refractivity contribution in [1.29, 1.82) is 0 Å². The summed E-state index contributed by atoms with van der Waals surface area (Å²) in [6, 6.07) is 76.5. The van der Waals surface area contributed by atoms with Gasteiger partial charge >= 0.3 is 0 Å². The summed E-state index contributed by atoms with van der Waals surface area (Å²) in [7, 11) is 0. The van der Waals surface area contributed by atoms with E-state index in [2.05, 4.69) is 206 Å². The van der Waals surface area contributed by atoms with Gasteiger partial charge in [-0.05, 0) is 79.9 Å². The molecule has 0 fully saturated rings. The van der Waals surface area contributed by atoms with Gasteiger partial charge in [0.1, 0.15) is 0 Å². The number of hydrogen-bond acceptors (Lipinski definition) is 4. The summed E-state index contributed by atoms with van der Waals surface area (Å²) >= 11 is 0. The van der Waals surface area contributed by atoms with Gasteiger partial charge in [-0.1, -0.05) is 188 Å². The van der Waals surface area contributed by atoms with Crippen molar-refractivity contribution in [3.05, 3.63) is 218 Å². The Morgan fingerprint density at radius 2 is 0.617 bits per heavy atom. The van der Waals surface area contributed by atoms with Crippen LogP contribution in [0, 0.1) is 0 Å². The average molecular weight is 765 g/mol. The first kappa shape index (κ1) is 35.1. The van der Waals surface area contributed by atoms with Crippen LogP contribution in [0.5, 0.6) is 0 Å². The van der Waals surface area contributed by atoms with Gasteiger partial charge in [-0.25, -0.2) is 19.9 Å². The fourth-order valence-corrected chi connectivity index (χ4v) is 8.19. The molecule has 60 heavy (non-hydrogen) atoms. The zero-order valence-electron chi connectivity index (χ0n) is 32.6. The lowest BCUT2D eigenvalue weighted by Gasteiger charge is -2.13. The van der Waals surface area contributed by atoms with Gasteiger partial charge in [0.25, 0.3) is 0 Å². The number of fused-ring (bicyclic) bond motifs is 4. The third-order valence-corrected chi connectivity index (χ3v) is 11.3. The number of aromatic nitrogens is 4. The molecule has 0 N–H and O–H groups in total. The largest absolute Gasteiger partial charge is 0.247 e. The normalized spacial score (nSPS) is 11.3. The highest BCUT2D eigenvalue weighted by atomic mass is 15.0. The average Bonchev–Trinajstić information content (AvgIpc) is 3.34. The molecule has 4 heteroatoms. The van der Waals surface area contributed by atoms with E-state index in [1.807, 2.05) is 12.1 Å². The predicted octanol–water partition coefficient (Wildman–Crippen LogP) is 14.4. The second-order valence-corrected chi connectivity index (χ2v) is 15.1. The summed E-state index contributed by atoms with van der Waals surface area (Å²) in [5, 5.41) is 5.91. The molecule has 0 aliphatic heterocycles. The van der Waals surface area contributed by atoms with E-state index in [1.54, 1.807) is 0 Å². The Morgan fingerprint density at radius 3 is 1.20 bits per heavy atom. The van der Waals surface area contributed by atoms with Crippen LogP contribution in [0.4, 0.5) is 0 Å². The van der Waals surface area contributed by atoms with Crippen LogP contribution in [0.2, 0.25) is 0 Å². The van der Waals surface area contributed by atoms with Crippen molar-refractivity contribution in [2.24, 2.45) is 0 Å². The van der Waals surface area contributed by atoms with Crippen LogP contribution in [0.3, 0.4) is 0 Å². The molecule has 11 aromatic rings. The minimum atomic E-state index is 0.612. The molecule has 2 heterocycles. The van der Waals surface area contributed by atoms with E-state index in [9.17, 15) is 0 Å². The highest BCUT2D eigenvalue weighted by molar-refractivity contribution is 6.15. The van der Waals surface area contributed by atoms with Gasteiger partial charge in [0.15, 0.2) is 17.5 Å². The lowest BCUT2D eigenvalue weighted by Crippen LogP contribution is -2.00. The number of nitrogens with zero attached hydrogens (tertiary/aromatic N) is 4. The van der Waals surface area contributed by atoms with Gasteiger partial charge in [-0.3, -0.25) is 0 Å². The SMILES string of the molecule is c1ccc(-c2ccc(-c3nc(-c4ccc(-c5ccccc5)cc4)nc(-c4cccc(-c5cccc(-c6nc7ccccc7c7cc8ccccc8cc67)c5)c4)n3)cc2)cc1. The van der Waals surface area contributed by atoms with E-state index >= 15 is 0 Å². The van der Waals surface area contributed by atoms with Gasteiger partial charge in [0, 0.05) is 33.0 Å². The van der Waals surface area contributed by atoms with Crippen molar-refractivity contribution in [3.8, 4) is 78.8 Å². The Bertz CT molecular complexity index is 3240. The molecule has 2 aromatic heterocycles. The standard InChI is InChI=1S/C56H36N4/c1-3-13-37(14-4-1)39-25-29-41(30-26-39)54-58-55(42-31-27-40(28-32-42)38-15-5-2-6-16-38)60-56(59-54)48-22-12-20-44(34-48)43-19-11-21-47(33-43)53-51-36-46-18-8-7-17-45(46)35-50(51)49-23-9-10-24-52(49)57-53/h1-36H. The zero-order chi connectivity index (χ0) is 39.8. The summed E-state index contributed by atoms with van der Waals surface area (Å²) in [5.74, 6) is 1.85. The maximum Gasteiger partial charge on any atom is 0.164 e. The maximum absolute atomic E-state index is 5.28. The summed E-state index contributed by atoms with van der Waals surface area (Å²) in [5.41, 5.74) is 12.5. The Balaban J connectivity index is 1.01. The molecule has 0 aliphatic carbocycles. The Morgan fingerprint density at radius 1 is 0.217 bits per heavy atom. The van der Waals surface area contributed by atoms with Crippen molar-refractivity contribution in [3.63, 3.8) is 0 Å². The maximum atomic E-state index is 5.28. The Kier molecular flexibility index (Phi) is 8.79. The van der Waals surface area contributed by atoms with Gasteiger partial charge in [0.2, 0.25) is 0 Å². The second kappa shape index (κ2) is 15.0. The number of pyridine rings is 1. The first-order valence-electron chi connectivity index (χ1n) is 20.2. The van der Waals surface area contributed by atoms with Crippen LogP contribution in [0.15, 0.2) is 218 Å². The smallest absolute Gasteiger partial charge is 0.164 e. The van der Waals surface area contributed by atoms with Crippen LogP contribution < -0.4 is 0 Å². The van der Waals surface area contributed by atoms with Crippen molar-refractivity contribution < 1.29 is 0 Å². The van der Waals surface area contributed by atoms with E-state index in [-0.39, 0.29) is 0 Å². The molecule has 0 unspecified atom stereocenters. The first-order valence-corrected chi connectivity index (χ1v) is 20.2. The summed E-state index contributed by atoms with van der Waals surface area (Å²) in [6.45, 7) is 0. The van der Waals surface area contributed by atoms with Crippen LogP contribution in [-0.2, 0) is 0 Å². The predicted molar refractivity (Wildman–Crippen MR) is 248 cm³/mol. The molecule has 0 spiro atoms. The van der Waals surface area contributed by atoms with E-state index in [0.717, 1.165) is 66.5 Å². The molecule has 11 rings (SSSR count). The number of benzene rings is 9. The molecule has 0 radical (unpaired) electrons. The lowest BCUT2D eigenvalue weighted by atomic mass is 9.95. The van der Waals surface area contributed by atoms with Crippen LogP contribution >= 0.6 is 0 Å². The third kappa shape index (κ3) is 6.66. The number of hydrogen-bond donors (Lipinski definition) is 0. The van der Waals surface area contributed by atoms with Gasteiger partial charge < -0.3 is 0 Å². The molecule has 0 bridgehead atoms. The number of para-hydroxylation sites is 1. The summed E-state index contributed by atoms with van der Waals surface area (Å²) < 4.78 is 0. The molecular formula is C56H36N4. The molecule has 0 aliphatic rings. The van der Waals surface area contributed by atoms with Crippen molar-refractivity contribution in [2.75, 3.05) is 0 Å². The van der Waals surface area contributed by atoms with Gasteiger partial charge in [-0.15, -0.1) is 0 Å². The molecule has 0 amide bonds. The minimum Gasteiger partial charge on any atom is -0.247 e. The lowest BCUT2D eigenvalue weighted by molar-refractivity contribution is 1.07. The second-order valence-electron chi connectivity index (χ2n) is 15.1. The van der Waals surface area contributed by atoms with Gasteiger partial charge in [0.05, 0.1) is 11.2 Å². The van der Waals surface area contributed by atoms with Crippen LogP contribution in [0.25, 0.3) is 111 Å². The zero-order valence-corrected chi connectivity index (χ0v) is 32.6. The van der Waals surface area contributed by atoms with Crippen molar-refractivity contribution >= 4 is 32.4 Å². The third-order valence-electron chi connectivity index (χ3n) is 11.3. The van der Waals surface area contributed by atoms with E-state index in [4.69, 9.17) is 19.9 Å². The molecule has 4 nitrogen and oxygen atoms in total.